The third-order valence-electron chi connectivity index (χ3n) is 4.69. The number of piperidine rings is 1. The number of hydrogen-bond acceptors (Lipinski definition) is 4. The Balaban J connectivity index is 1.85. The Bertz CT molecular complexity index is 853. The van der Waals surface area contributed by atoms with E-state index in [0.29, 0.717) is 5.52 Å². The molecular formula is C18H22N2O3S. The smallest absolute Gasteiger partial charge is 0.238 e. The SMILES string of the molecule is CC1CCCC(C)N1C(=O)CS(=O)(=O)c1ccc2ccccc2n1. The highest BCUT2D eigenvalue weighted by Gasteiger charge is 2.32. The van der Waals surface area contributed by atoms with Gasteiger partial charge in [-0.3, -0.25) is 4.79 Å². The lowest BCUT2D eigenvalue weighted by molar-refractivity contribution is -0.134. The van der Waals surface area contributed by atoms with E-state index in [4.69, 9.17) is 0 Å². The topological polar surface area (TPSA) is 67.3 Å². The molecule has 1 aliphatic heterocycles. The van der Waals surface area contributed by atoms with Crippen LogP contribution in [0.1, 0.15) is 33.1 Å². The third kappa shape index (κ3) is 3.29. The fraction of sp³-hybridized carbons (Fsp3) is 0.444. The first-order valence-corrected chi connectivity index (χ1v) is 9.93. The van der Waals surface area contributed by atoms with Crippen LogP contribution in [0.25, 0.3) is 10.9 Å². The molecule has 0 bridgehead atoms. The summed E-state index contributed by atoms with van der Waals surface area (Å²) in [6.07, 6.45) is 2.92. The minimum Gasteiger partial charge on any atom is -0.336 e. The molecule has 0 spiro atoms. The Morgan fingerprint density at radius 2 is 1.79 bits per heavy atom. The maximum absolute atomic E-state index is 12.6. The first-order valence-electron chi connectivity index (χ1n) is 8.28. The van der Waals surface area contributed by atoms with Gasteiger partial charge in [-0.15, -0.1) is 0 Å². The van der Waals surface area contributed by atoms with Crippen molar-refractivity contribution >= 4 is 26.6 Å². The molecule has 2 heterocycles. The van der Waals surface area contributed by atoms with Crippen molar-refractivity contribution in [1.82, 2.24) is 9.88 Å². The summed E-state index contributed by atoms with van der Waals surface area (Å²) in [5.74, 6) is -0.850. The molecule has 3 rings (SSSR count). The first kappa shape index (κ1) is 16.9. The number of pyridine rings is 1. The van der Waals surface area contributed by atoms with Crippen LogP contribution in [0.5, 0.6) is 0 Å². The summed E-state index contributed by atoms with van der Waals surface area (Å²) in [5, 5.41) is 0.841. The van der Waals surface area contributed by atoms with E-state index in [-0.39, 0.29) is 23.0 Å². The zero-order valence-corrected chi connectivity index (χ0v) is 14.8. The van der Waals surface area contributed by atoms with Crippen LogP contribution >= 0.6 is 0 Å². The van der Waals surface area contributed by atoms with E-state index >= 15 is 0 Å². The fourth-order valence-corrected chi connectivity index (χ4v) is 4.58. The van der Waals surface area contributed by atoms with Crippen LogP contribution in [-0.2, 0) is 14.6 Å². The van der Waals surface area contributed by atoms with Gasteiger partial charge in [-0.05, 0) is 51.3 Å². The van der Waals surface area contributed by atoms with Gasteiger partial charge in [-0.1, -0.05) is 18.2 Å². The van der Waals surface area contributed by atoms with E-state index < -0.39 is 15.6 Å². The number of carbonyl (C=O) groups excluding carboxylic acids is 1. The Kier molecular flexibility index (Phi) is 4.58. The molecule has 0 aliphatic carbocycles. The van der Waals surface area contributed by atoms with Gasteiger partial charge >= 0.3 is 0 Å². The molecule has 1 aromatic carbocycles. The predicted octanol–water partition coefficient (Wildman–Crippen LogP) is 2.80. The molecule has 2 aromatic rings. The predicted molar refractivity (Wildman–Crippen MR) is 93.4 cm³/mol. The Hall–Kier alpha value is -1.95. The Morgan fingerprint density at radius 3 is 2.50 bits per heavy atom. The van der Waals surface area contributed by atoms with Crippen molar-refractivity contribution in [3.8, 4) is 0 Å². The lowest BCUT2D eigenvalue weighted by Crippen LogP contribution is -2.49. The van der Waals surface area contributed by atoms with E-state index in [1.54, 1.807) is 17.0 Å². The zero-order valence-electron chi connectivity index (χ0n) is 14.0. The summed E-state index contributed by atoms with van der Waals surface area (Å²) in [4.78, 5) is 18.5. The number of rotatable bonds is 3. The second kappa shape index (κ2) is 6.51. The lowest BCUT2D eigenvalue weighted by Gasteiger charge is -2.39. The normalized spacial score (nSPS) is 21.8. The van der Waals surface area contributed by atoms with Crippen molar-refractivity contribution in [3.63, 3.8) is 0 Å². The van der Waals surface area contributed by atoms with Gasteiger partial charge in [-0.25, -0.2) is 13.4 Å². The number of nitrogens with zero attached hydrogens (tertiary/aromatic N) is 2. The number of fused-ring (bicyclic) bond motifs is 1. The standard InChI is InChI=1S/C18H22N2O3S/c1-13-6-5-7-14(2)20(13)18(21)12-24(22,23)17-11-10-15-8-3-4-9-16(15)19-17/h3-4,8-11,13-14H,5-7,12H2,1-2H3. The van der Waals surface area contributed by atoms with Crippen LogP contribution < -0.4 is 0 Å². The van der Waals surface area contributed by atoms with Crippen LogP contribution in [-0.4, -0.2) is 42.0 Å². The molecule has 5 nitrogen and oxygen atoms in total. The molecule has 0 saturated carbocycles. The van der Waals surface area contributed by atoms with E-state index in [1.807, 2.05) is 32.0 Å². The minimum absolute atomic E-state index is 0.0353. The molecule has 1 aromatic heterocycles. The van der Waals surface area contributed by atoms with Crippen LogP contribution in [0, 0.1) is 0 Å². The molecule has 2 unspecified atom stereocenters. The Morgan fingerprint density at radius 1 is 1.12 bits per heavy atom. The van der Waals surface area contributed by atoms with E-state index in [2.05, 4.69) is 4.98 Å². The largest absolute Gasteiger partial charge is 0.336 e. The number of para-hydroxylation sites is 1. The van der Waals surface area contributed by atoms with Crippen molar-refractivity contribution < 1.29 is 13.2 Å². The summed E-state index contributed by atoms with van der Waals surface area (Å²) in [6.45, 7) is 3.96. The summed E-state index contributed by atoms with van der Waals surface area (Å²) in [5.41, 5.74) is 0.616. The van der Waals surface area contributed by atoms with Crippen molar-refractivity contribution in [2.45, 2.75) is 50.2 Å². The van der Waals surface area contributed by atoms with E-state index in [0.717, 1.165) is 24.6 Å². The minimum atomic E-state index is -3.75. The maximum atomic E-state index is 12.6. The number of likely N-dealkylation sites (tertiary alicyclic amines) is 1. The van der Waals surface area contributed by atoms with Gasteiger partial charge in [0.2, 0.25) is 15.7 Å². The van der Waals surface area contributed by atoms with Crippen molar-refractivity contribution in [2.75, 3.05) is 5.75 Å². The molecule has 1 fully saturated rings. The van der Waals surface area contributed by atoms with Crippen molar-refractivity contribution in [1.29, 1.82) is 0 Å². The molecule has 24 heavy (non-hydrogen) atoms. The fourth-order valence-electron chi connectivity index (χ4n) is 3.44. The Labute approximate surface area is 142 Å². The summed E-state index contributed by atoms with van der Waals surface area (Å²) < 4.78 is 25.3. The highest BCUT2D eigenvalue weighted by atomic mass is 32.2. The zero-order chi connectivity index (χ0) is 17.3. The molecule has 0 radical (unpaired) electrons. The molecule has 0 N–H and O–H groups in total. The van der Waals surface area contributed by atoms with Crippen LogP contribution in [0.3, 0.4) is 0 Å². The van der Waals surface area contributed by atoms with Crippen molar-refractivity contribution in [2.24, 2.45) is 0 Å². The number of aromatic nitrogens is 1. The van der Waals surface area contributed by atoms with Gasteiger partial charge in [0.25, 0.3) is 0 Å². The molecule has 1 amide bonds. The monoisotopic (exact) mass is 346 g/mol. The first-order chi connectivity index (χ1) is 11.4. The van der Waals surface area contributed by atoms with Crippen molar-refractivity contribution in [3.05, 3.63) is 36.4 Å². The number of hydrogen-bond donors (Lipinski definition) is 0. The van der Waals surface area contributed by atoms with Crippen LogP contribution in [0.2, 0.25) is 0 Å². The molecule has 128 valence electrons. The molecule has 1 saturated heterocycles. The van der Waals surface area contributed by atoms with Crippen LogP contribution in [0.15, 0.2) is 41.4 Å². The van der Waals surface area contributed by atoms with E-state index in [9.17, 15) is 13.2 Å². The van der Waals surface area contributed by atoms with Gasteiger partial charge in [-0.2, -0.15) is 0 Å². The summed E-state index contributed by atoms with van der Waals surface area (Å²) >= 11 is 0. The second-order valence-corrected chi connectivity index (χ2v) is 8.47. The number of amides is 1. The maximum Gasteiger partial charge on any atom is 0.238 e. The molecular weight excluding hydrogens is 324 g/mol. The van der Waals surface area contributed by atoms with Gasteiger partial charge in [0.15, 0.2) is 5.03 Å². The molecule has 2 atom stereocenters. The average Bonchev–Trinajstić information content (AvgIpc) is 2.53. The molecule has 1 aliphatic rings. The number of benzene rings is 1. The highest BCUT2D eigenvalue weighted by molar-refractivity contribution is 7.92. The van der Waals surface area contributed by atoms with Gasteiger partial charge in [0.1, 0.15) is 5.75 Å². The highest BCUT2D eigenvalue weighted by Crippen LogP contribution is 2.24. The van der Waals surface area contributed by atoms with Gasteiger partial charge in [0, 0.05) is 17.5 Å². The summed E-state index contributed by atoms with van der Waals surface area (Å²) in [6, 6.07) is 10.7. The quantitative estimate of drug-likeness (QED) is 0.857. The third-order valence-corrected chi connectivity index (χ3v) is 6.18. The average molecular weight is 346 g/mol. The number of carbonyl (C=O) groups is 1. The molecule has 6 heteroatoms. The van der Waals surface area contributed by atoms with E-state index in [1.165, 1.54) is 6.07 Å². The van der Waals surface area contributed by atoms with Gasteiger partial charge < -0.3 is 4.90 Å². The number of sulfone groups is 1. The van der Waals surface area contributed by atoms with Gasteiger partial charge in [0.05, 0.1) is 5.52 Å². The summed E-state index contributed by atoms with van der Waals surface area (Å²) in [7, 11) is -3.75. The van der Waals surface area contributed by atoms with Crippen LogP contribution in [0.4, 0.5) is 0 Å². The second-order valence-electron chi connectivity index (χ2n) is 6.53. The lowest BCUT2D eigenvalue weighted by atomic mass is 9.98.